The van der Waals surface area contributed by atoms with Crippen LogP contribution in [0, 0.1) is 11.3 Å². The zero-order chi connectivity index (χ0) is 12.3. The normalized spacial score (nSPS) is 13.9. The third-order valence-electron chi connectivity index (χ3n) is 2.10. The number of methoxy groups -OCH3 is 1. The van der Waals surface area contributed by atoms with Crippen LogP contribution in [0.4, 0.5) is 0 Å². The molecule has 1 aromatic heterocycles. The fourth-order valence-corrected chi connectivity index (χ4v) is 1.26. The highest BCUT2D eigenvalue weighted by atomic mass is 16.5. The lowest BCUT2D eigenvalue weighted by atomic mass is 10.1. The minimum Gasteiger partial charge on any atom is -0.464 e. The van der Waals surface area contributed by atoms with Crippen LogP contribution in [0.25, 0.3) is 0 Å². The van der Waals surface area contributed by atoms with E-state index < -0.39 is 18.2 Å². The van der Waals surface area contributed by atoms with Gasteiger partial charge in [-0.3, -0.25) is 4.68 Å². The maximum atomic E-state index is 11.4. The third-order valence-corrected chi connectivity index (χ3v) is 2.10. The molecular weight excluding hydrogens is 214 g/mol. The molecule has 86 valence electrons. The Bertz CT molecular complexity index is 434. The predicted molar refractivity (Wildman–Crippen MR) is 51.1 cm³/mol. The van der Waals surface area contributed by atoms with E-state index >= 15 is 0 Å². The SMILES string of the molecule is COC(=O)c1c(C(O)C(O)C#N)cnn1C. The molecular formula is C9H11N3O4. The van der Waals surface area contributed by atoms with Gasteiger partial charge in [0, 0.05) is 12.6 Å². The molecule has 7 nitrogen and oxygen atoms in total. The molecule has 0 aliphatic carbocycles. The average molecular weight is 225 g/mol. The van der Waals surface area contributed by atoms with Gasteiger partial charge < -0.3 is 14.9 Å². The summed E-state index contributed by atoms with van der Waals surface area (Å²) in [5.74, 6) is -0.695. The van der Waals surface area contributed by atoms with Gasteiger partial charge in [-0.25, -0.2) is 4.79 Å². The molecule has 0 aliphatic rings. The summed E-state index contributed by atoms with van der Waals surface area (Å²) in [5, 5.41) is 31.0. The number of ether oxygens (including phenoxy) is 1. The van der Waals surface area contributed by atoms with E-state index in [1.54, 1.807) is 0 Å². The van der Waals surface area contributed by atoms with E-state index in [2.05, 4.69) is 9.84 Å². The Hall–Kier alpha value is -1.91. The van der Waals surface area contributed by atoms with Crippen LogP contribution in [0.3, 0.4) is 0 Å². The molecule has 0 saturated carbocycles. The number of rotatable bonds is 3. The number of aliphatic hydroxyl groups excluding tert-OH is 2. The van der Waals surface area contributed by atoms with Gasteiger partial charge in [-0.05, 0) is 0 Å². The standard InChI is InChI=1S/C9H11N3O4/c1-12-7(9(15)16-2)5(4-11-12)8(14)6(13)3-10/h4,6,8,13-14H,1-2H3. The van der Waals surface area contributed by atoms with Crippen molar-refractivity contribution in [3.05, 3.63) is 17.5 Å². The number of nitriles is 1. The second-order valence-electron chi connectivity index (χ2n) is 3.08. The third kappa shape index (κ3) is 2.03. The first-order valence-corrected chi connectivity index (χ1v) is 4.38. The van der Waals surface area contributed by atoms with Crippen LogP contribution >= 0.6 is 0 Å². The molecule has 0 spiro atoms. The summed E-state index contributed by atoms with van der Waals surface area (Å²) in [6.45, 7) is 0. The first-order valence-electron chi connectivity index (χ1n) is 4.38. The summed E-state index contributed by atoms with van der Waals surface area (Å²) in [7, 11) is 2.67. The number of aryl methyl sites for hydroxylation is 1. The van der Waals surface area contributed by atoms with Gasteiger partial charge in [0.15, 0.2) is 11.8 Å². The molecule has 2 unspecified atom stereocenters. The second kappa shape index (κ2) is 4.74. The summed E-state index contributed by atoms with van der Waals surface area (Å²) >= 11 is 0. The second-order valence-corrected chi connectivity index (χ2v) is 3.08. The largest absolute Gasteiger partial charge is 0.464 e. The van der Waals surface area contributed by atoms with Crippen LogP contribution in [-0.2, 0) is 11.8 Å². The van der Waals surface area contributed by atoms with Crippen LogP contribution in [0.2, 0.25) is 0 Å². The highest BCUT2D eigenvalue weighted by Crippen LogP contribution is 2.21. The first kappa shape index (κ1) is 12.2. The van der Waals surface area contributed by atoms with E-state index in [-0.39, 0.29) is 11.3 Å². The summed E-state index contributed by atoms with van der Waals surface area (Å²) in [6.07, 6.45) is -1.90. The van der Waals surface area contributed by atoms with Gasteiger partial charge in [0.25, 0.3) is 0 Å². The van der Waals surface area contributed by atoms with Crippen molar-refractivity contribution in [2.24, 2.45) is 7.05 Å². The lowest BCUT2D eigenvalue weighted by Crippen LogP contribution is -2.19. The molecule has 16 heavy (non-hydrogen) atoms. The Morgan fingerprint density at radius 2 is 2.31 bits per heavy atom. The number of aliphatic hydroxyl groups is 2. The van der Waals surface area contributed by atoms with Gasteiger partial charge in [-0.2, -0.15) is 10.4 Å². The highest BCUT2D eigenvalue weighted by molar-refractivity contribution is 5.89. The fourth-order valence-electron chi connectivity index (χ4n) is 1.26. The molecule has 0 amide bonds. The van der Waals surface area contributed by atoms with Crippen LogP contribution in [0.15, 0.2) is 6.20 Å². The van der Waals surface area contributed by atoms with Gasteiger partial charge >= 0.3 is 5.97 Å². The lowest BCUT2D eigenvalue weighted by molar-refractivity contribution is 0.0472. The molecule has 1 heterocycles. The van der Waals surface area contributed by atoms with E-state index in [0.29, 0.717) is 0 Å². The smallest absolute Gasteiger partial charge is 0.356 e. The number of carbonyl (C=O) groups excluding carboxylic acids is 1. The van der Waals surface area contributed by atoms with Crippen molar-refractivity contribution in [1.82, 2.24) is 9.78 Å². The van der Waals surface area contributed by atoms with E-state index in [4.69, 9.17) is 10.4 Å². The zero-order valence-electron chi connectivity index (χ0n) is 8.78. The maximum Gasteiger partial charge on any atom is 0.356 e. The number of carbonyl (C=O) groups is 1. The topological polar surface area (TPSA) is 108 Å². The Kier molecular flexibility index (Phi) is 3.60. The van der Waals surface area contributed by atoms with Crippen molar-refractivity contribution in [3.63, 3.8) is 0 Å². The van der Waals surface area contributed by atoms with E-state index in [1.165, 1.54) is 31.1 Å². The van der Waals surface area contributed by atoms with Crippen LogP contribution < -0.4 is 0 Å². The van der Waals surface area contributed by atoms with Crippen LogP contribution in [-0.4, -0.2) is 39.2 Å². The van der Waals surface area contributed by atoms with Crippen molar-refractivity contribution >= 4 is 5.97 Å². The van der Waals surface area contributed by atoms with Crippen LogP contribution in [0.1, 0.15) is 22.2 Å². The summed E-state index contributed by atoms with van der Waals surface area (Å²) in [5.41, 5.74) is 0.0627. The Labute approximate surface area is 91.5 Å². The van der Waals surface area contributed by atoms with E-state index in [0.717, 1.165) is 0 Å². The zero-order valence-corrected chi connectivity index (χ0v) is 8.78. The molecule has 2 atom stereocenters. The van der Waals surface area contributed by atoms with Gasteiger partial charge in [-0.15, -0.1) is 0 Å². The maximum absolute atomic E-state index is 11.4. The Balaban J connectivity index is 3.16. The van der Waals surface area contributed by atoms with Crippen molar-refractivity contribution in [1.29, 1.82) is 5.26 Å². The average Bonchev–Trinajstić information content (AvgIpc) is 2.68. The quantitative estimate of drug-likeness (QED) is 0.511. The van der Waals surface area contributed by atoms with Crippen LogP contribution in [0.5, 0.6) is 0 Å². The number of aromatic nitrogens is 2. The van der Waals surface area contributed by atoms with Gasteiger partial charge in [-0.1, -0.05) is 0 Å². The fraction of sp³-hybridized carbons (Fsp3) is 0.444. The molecule has 7 heteroatoms. The number of hydrogen-bond acceptors (Lipinski definition) is 6. The van der Waals surface area contributed by atoms with Gasteiger partial charge in [0.1, 0.15) is 6.10 Å². The molecule has 1 rings (SSSR count). The monoisotopic (exact) mass is 225 g/mol. The summed E-state index contributed by atoms with van der Waals surface area (Å²) < 4.78 is 5.71. The minimum atomic E-state index is -1.62. The Morgan fingerprint density at radius 3 is 2.81 bits per heavy atom. The summed E-state index contributed by atoms with van der Waals surface area (Å²) in [6, 6.07) is 1.47. The molecule has 0 bridgehead atoms. The number of nitrogens with zero attached hydrogens (tertiary/aromatic N) is 3. The minimum absolute atomic E-state index is 0.00398. The van der Waals surface area contributed by atoms with Gasteiger partial charge in [0.05, 0.1) is 19.4 Å². The number of hydrogen-bond donors (Lipinski definition) is 2. The lowest BCUT2D eigenvalue weighted by Gasteiger charge is -2.11. The number of esters is 1. The summed E-state index contributed by atoms with van der Waals surface area (Å²) in [4.78, 5) is 11.4. The van der Waals surface area contributed by atoms with Crippen molar-refractivity contribution in [3.8, 4) is 6.07 Å². The molecule has 0 fully saturated rings. The Morgan fingerprint density at radius 1 is 1.69 bits per heavy atom. The van der Waals surface area contributed by atoms with Gasteiger partial charge in [0.2, 0.25) is 0 Å². The van der Waals surface area contributed by atoms with E-state index in [9.17, 15) is 9.90 Å². The van der Waals surface area contributed by atoms with Crippen molar-refractivity contribution < 1.29 is 19.7 Å². The highest BCUT2D eigenvalue weighted by Gasteiger charge is 2.27. The first-order chi connectivity index (χ1) is 7.52. The van der Waals surface area contributed by atoms with E-state index in [1.807, 2.05) is 0 Å². The molecule has 2 N–H and O–H groups in total. The van der Waals surface area contributed by atoms with Crippen molar-refractivity contribution in [2.45, 2.75) is 12.2 Å². The molecule has 1 aromatic rings. The predicted octanol–water partition coefficient (Wildman–Crippen LogP) is -0.875. The molecule has 0 aliphatic heterocycles. The molecule has 0 radical (unpaired) electrons. The molecule has 0 aromatic carbocycles. The molecule has 0 saturated heterocycles. The van der Waals surface area contributed by atoms with Crippen molar-refractivity contribution in [2.75, 3.05) is 7.11 Å².